The van der Waals surface area contributed by atoms with E-state index in [1.165, 1.54) is 0 Å². The van der Waals surface area contributed by atoms with Crippen molar-refractivity contribution in [3.05, 3.63) is 24.3 Å². The zero-order valence-electron chi connectivity index (χ0n) is 10.7. The predicted molar refractivity (Wildman–Crippen MR) is 75.3 cm³/mol. The summed E-state index contributed by atoms with van der Waals surface area (Å²) in [6, 6.07) is 6.86. The molecule has 0 aliphatic carbocycles. The molecule has 0 saturated heterocycles. The minimum Gasteiger partial charge on any atom is -0.486 e. The van der Waals surface area contributed by atoms with Crippen molar-refractivity contribution in [1.29, 1.82) is 0 Å². The maximum Gasteiger partial charge on any atom is 0.232 e. The van der Waals surface area contributed by atoms with E-state index in [0.29, 0.717) is 18.0 Å². The normalized spacial score (nSPS) is 14.7. The summed E-state index contributed by atoms with van der Waals surface area (Å²) in [7, 11) is -3.26. The third-order valence-electron chi connectivity index (χ3n) is 2.61. The first-order valence-electron chi connectivity index (χ1n) is 6.09. The van der Waals surface area contributed by atoms with E-state index in [4.69, 9.17) is 4.74 Å². The van der Waals surface area contributed by atoms with Gasteiger partial charge in [-0.15, -0.1) is 0 Å². The smallest absolute Gasteiger partial charge is 0.232 e. The standard InChI is InChI=1S/C12H17N3O3S/c1-2-19(16,17)15-10-4-3-5-11(8-10)18-9-12-13-6-7-14-12/h3-5,8,15H,2,6-7,9H2,1H3,(H,13,14). The molecule has 1 aliphatic heterocycles. The first-order chi connectivity index (χ1) is 9.09. The molecule has 0 atom stereocenters. The molecule has 1 aromatic carbocycles. The highest BCUT2D eigenvalue weighted by Gasteiger charge is 2.08. The maximum absolute atomic E-state index is 11.5. The molecule has 0 amide bonds. The van der Waals surface area contributed by atoms with Crippen LogP contribution in [0.15, 0.2) is 29.3 Å². The highest BCUT2D eigenvalue weighted by molar-refractivity contribution is 7.92. The molecule has 0 spiro atoms. The second-order valence-corrected chi connectivity index (χ2v) is 6.09. The third-order valence-corrected chi connectivity index (χ3v) is 3.91. The van der Waals surface area contributed by atoms with Crippen LogP contribution in [0.3, 0.4) is 0 Å². The first kappa shape index (κ1) is 13.7. The number of sulfonamides is 1. The van der Waals surface area contributed by atoms with E-state index in [-0.39, 0.29) is 5.75 Å². The number of ether oxygens (including phenoxy) is 1. The molecule has 0 aromatic heterocycles. The third kappa shape index (κ3) is 4.13. The molecule has 19 heavy (non-hydrogen) atoms. The van der Waals surface area contributed by atoms with E-state index >= 15 is 0 Å². The number of hydrogen-bond donors (Lipinski definition) is 2. The van der Waals surface area contributed by atoms with Crippen molar-refractivity contribution in [2.24, 2.45) is 4.99 Å². The first-order valence-corrected chi connectivity index (χ1v) is 7.75. The lowest BCUT2D eigenvalue weighted by molar-refractivity contribution is 0.374. The number of nitrogens with one attached hydrogen (secondary N) is 2. The Kier molecular flexibility index (Phi) is 4.26. The summed E-state index contributed by atoms with van der Waals surface area (Å²) >= 11 is 0. The van der Waals surface area contributed by atoms with Gasteiger partial charge in [0.2, 0.25) is 10.0 Å². The minimum absolute atomic E-state index is 0.0405. The van der Waals surface area contributed by atoms with Gasteiger partial charge < -0.3 is 10.1 Å². The number of benzene rings is 1. The number of hydrogen-bond acceptors (Lipinski definition) is 5. The molecule has 0 radical (unpaired) electrons. The number of nitrogens with zero attached hydrogens (tertiary/aromatic N) is 1. The molecule has 2 N–H and O–H groups in total. The fraction of sp³-hybridized carbons (Fsp3) is 0.417. The fourth-order valence-electron chi connectivity index (χ4n) is 1.60. The molecule has 0 unspecified atom stereocenters. The van der Waals surface area contributed by atoms with Gasteiger partial charge in [0.25, 0.3) is 0 Å². The molecule has 0 saturated carbocycles. The van der Waals surface area contributed by atoms with Crippen molar-refractivity contribution in [3.8, 4) is 5.75 Å². The van der Waals surface area contributed by atoms with Crippen LogP contribution < -0.4 is 14.8 Å². The monoisotopic (exact) mass is 283 g/mol. The van der Waals surface area contributed by atoms with Gasteiger partial charge in [0.1, 0.15) is 18.2 Å². The van der Waals surface area contributed by atoms with E-state index in [9.17, 15) is 8.42 Å². The summed E-state index contributed by atoms with van der Waals surface area (Å²) in [6.07, 6.45) is 0. The van der Waals surface area contributed by atoms with Crippen LogP contribution in [0, 0.1) is 0 Å². The van der Waals surface area contributed by atoms with Crippen molar-refractivity contribution in [2.45, 2.75) is 6.92 Å². The van der Waals surface area contributed by atoms with Gasteiger partial charge in [-0.3, -0.25) is 9.71 Å². The van der Waals surface area contributed by atoms with Crippen LogP contribution >= 0.6 is 0 Å². The summed E-state index contributed by atoms with van der Waals surface area (Å²) in [4.78, 5) is 4.21. The average molecular weight is 283 g/mol. The number of rotatable bonds is 6. The SMILES string of the molecule is CCS(=O)(=O)Nc1cccc(OCC2=NCCN2)c1. The van der Waals surface area contributed by atoms with Gasteiger partial charge in [-0.25, -0.2) is 8.42 Å². The molecule has 2 rings (SSSR count). The van der Waals surface area contributed by atoms with Crippen molar-refractivity contribution < 1.29 is 13.2 Å². The van der Waals surface area contributed by atoms with Crippen LogP contribution in [0.4, 0.5) is 5.69 Å². The second-order valence-electron chi connectivity index (χ2n) is 4.08. The van der Waals surface area contributed by atoms with Crippen molar-refractivity contribution in [3.63, 3.8) is 0 Å². The topological polar surface area (TPSA) is 79.8 Å². The number of aliphatic imine (C=N–C) groups is 1. The van der Waals surface area contributed by atoms with Crippen molar-refractivity contribution in [1.82, 2.24) is 5.32 Å². The lowest BCUT2D eigenvalue weighted by Crippen LogP contribution is -2.24. The number of anilines is 1. The van der Waals surface area contributed by atoms with Gasteiger partial charge in [-0.1, -0.05) is 6.07 Å². The zero-order chi connectivity index (χ0) is 13.7. The Bertz CT molecular complexity index is 569. The Hall–Kier alpha value is -1.76. The molecular weight excluding hydrogens is 266 g/mol. The lowest BCUT2D eigenvalue weighted by Gasteiger charge is -2.09. The summed E-state index contributed by atoms with van der Waals surface area (Å²) in [5.41, 5.74) is 0.501. The van der Waals surface area contributed by atoms with E-state index in [2.05, 4.69) is 15.0 Å². The van der Waals surface area contributed by atoms with Gasteiger partial charge in [0, 0.05) is 12.6 Å². The molecule has 7 heteroatoms. The lowest BCUT2D eigenvalue weighted by atomic mass is 10.3. The highest BCUT2D eigenvalue weighted by Crippen LogP contribution is 2.18. The van der Waals surface area contributed by atoms with Crippen LogP contribution in [-0.4, -0.2) is 39.7 Å². The van der Waals surface area contributed by atoms with Gasteiger partial charge >= 0.3 is 0 Å². The maximum atomic E-state index is 11.5. The van der Waals surface area contributed by atoms with E-state index in [1.807, 2.05) is 0 Å². The molecule has 104 valence electrons. The Balaban J connectivity index is 1.98. The number of amidine groups is 1. The van der Waals surface area contributed by atoms with Crippen LogP contribution in [0.25, 0.3) is 0 Å². The van der Waals surface area contributed by atoms with E-state index in [1.54, 1.807) is 31.2 Å². The molecule has 0 fully saturated rings. The van der Waals surface area contributed by atoms with Gasteiger partial charge in [0.05, 0.1) is 18.0 Å². The van der Waals surface area contributed by atoms with Gasteiger partial charge in [0.15, 0.2) is 0 Å². The molecule has 0 bridgehead atoms. The van der Waals surface area contributed by atoms with Crippen LogP contribution in [0.1, 0.15) is 6.92 Å². The highest BCUT2D eigenvalue weighted by atomic mass is 32.2. The van der Waals surface area contributed by atoms with Crippen LogP contribution in [0.5, 0.6) is 5.75 Å². The van der Waals surface area contributed by atoms with Crippen molar-refractivity contribution >= 4 is 21.5 Å². The minimum atomic E-state index is -3.26. The summed E-state index contributed by atoms with van der Waals surface area (Å²) in [5, 5.41) is 3.10. The van der Waals surface area contributed by atoms with E-state index < -0.39 is 10.0 Å². The molecule has 1 heterocycles. The Morgan fingerprint density at radius 1 is 1.47 bits per heavy atom. The second kappa shape index (κ2) is 5.92. The largest absolute Gasteiger partial charge is 0.486 e. The molecule has 1 aromatic rings. The Morgan fingerprint density at radius 2 is 2.32 bits per heavy atom. The summed E-state index contributed by atoms with van der Waals surface area (Å²) in [6.45, 7) is 3.57. The van der Waals surface area contributed by atoms with Gasteiger partial charge in [-0.2, -0.15) is 0 Å². The van der Waals surface area contributed by atoms with E-state index in [0.717, 1.165) is 18.9 Å². The summed E-state index contributed by atoms with van der Waals surface area (Å²) in [5.74, 6) is 1.46. The zero-order valence-corrected chi connectivity index (χ0v) is 11.5. The Morgan fingerprint density at radius 3 is 3.00 bits per heavy atom. The molecule has 1 aliphatic rings. The van der Waals surface area contributed by atoms with Crippen molar-refractivity contribution in [2.75, 3.05) is 30.2 Å². The average Bonchev–Trinajstić information content (AvgIpc) is 2.89. The van der Waals surface area contributed by atoms with Crippen LogP contribution in [-0.2, 0) is 10.0 Å². The van der Waals surface area contributed by atoms with Crippen LogP contribution in [0.2, 0.25) is 0 Å². The molecule has 6 nitrogen and oxygen atoms in total. The predicted octanol–water partition coefficient (Wildman–Crippen LogP) is 0.829. The molecular formula is C12H17N3O3S. The summed E-state index contributed by atoms with van der Waals surface area (Å²) < 4.78 is 31.0. The Labute approximate surface area is 112 Å². The quantitative estimate of drug-likeness (QED) is 0.810. The van der Waals surface area contributed by atoms with Gasteiger partial charge in [-0.05, 0) is 19.1 Å². The fourth-order valence-corrected chi connectivity index (χ4v) is 2.23.